The average Bonchev–Trinajstić information content (AvgIpc) is 2.59. The smallest absolute Gasteiger partial charge is 0.415 e. The SMILES string of the molecule is COCN(C(=O)OC)c1ccccc1/C=C/c1ccccc1Cl. The van der Waals surface area contributed by atoms with Crippen LogP contribution in [0.4, 0.5) is 10.5 Å². The summed E-state index contributed by atoms with van der Waals surface area (Å²) in [4.78, 5) is 13.4. The van der Waals surface area contributed by atoms with Crippen LogP contribution in [0, 0.1) is 0 Å². The number of amides is 1. The molecular formula is C18H18ClNO3. The minimum atomic E-state index is -0.481. The first kappa shape index (κ1) is 17.1. The number of carbonyl (C=O) groups is 1. The molecule has 23 heavy (non-hydrogen) atoms. The fraction of sp³-hybridized carbons (Fsp3) is 0.167. The van der Waals surface area contributed by atoms with Gasteiger partial charge in [0.15, 0.2) is 0 Å². The maximum absolute atomic E-state index is 12.0. The first-order chi connectivity index (χ1) is 11.2. The van der Waals surface area contributed by atoms with Gasteiger partial charge in [0.1, 0.15) is 6.73 Å². The average molecular weight is 332 g/mol. The van der Waals surface area contributed by atoms with E-state index in [9.17, 15) is 4.79 Å². The molecule has 0 spiro atoms. The van der Waals surface area contributed by atoms with Crippen LogP contribution in [-0.4, -0.2) is 27.0 Å². The molecule has 0 fully saturated rings. The zero-order valence-corrected chi connectivity index (χ0v) is 13.8. The molecule has 4 nitrogen and oxygen atoms in total. The van der Waals surface area contributed by atoms with Crippen molar-refractivity contribution in [3.63, 3.8) is 0 Å². The maximum atomic E-state index is 12.0. The fourth-order valence-corrected chi connectivity index (χ4v) is 2.32. The number of rotatable bonds is 5. The second kappa shape index (κ2) is 8.36. The van der Waals surface area contributed by atoms with Crippen molar-refractivity contribution in [1.82, 2.24) is 0 Å². The summed E-state index contributed by atoms with van der Waals surface area (Å²) in [6.07, 6.45) is 3.33. The number of hydrogen-bond acceptors (Lipinski definition) is 3. The molecule has 0 bridgehead atoms. The first-order valence-electron chi connectivity index (χ1n) is 7.03. The van der Waals surface area contributed by atoms with Gasteiger partial charge in [0.05, 0.1) is 12.8 Å². The topological polar surface area (TPSA) is 38.8 Å². The van der Waals surface area contributed by atoms with E-state index in [2.05, 4.69) is 0 Å². The number of anilines is 1. The van der Waals surface area contributed by atoms with E-state index in [1.807, 2.05) is 60.7 Å². The fourth-order valence-electron chi connectivity index (χ4n) is 2.12. The lowest BCUT2D eigenvalue weighted by atomic mass is 10.1. The van der Waals surface area contributed by atoms with Crippen molar-refractivity contribution < 1.29 is 14.3 Å². The molecular weight excluding hydrogens is 314 g/mol. The van der Waals surface area contributed by atoms with Gasteiger partial charge in [0.25, 0.3) is 0 Å². The van der Waals surface area contributed by atoms with Crippen LogP contribution in [0.3, 0.4) is 0 Å². The summed E-state index contributed by atoms with van der Waals surface area (Å²) in [7, 11) is 2.87. The maximum Gasteiger partial charge on any atom is 0.415 e. The summed E-state index contributed by atoms with van der Waals surface area (Å²) >= 11 is 6.16. The van der Waals surface area contributed by atoms with Crippen molar-refractivity contribution in [2.24, 2.45) is 0 Å². The summed E-state index contributed by atoms with van der Waals surface area (Å²) in [6, 6.07) is 15.1. The van der Waals surface area contributed by atoms with Gasteiger partial charge in [0, 0.05) is 12.1 Å². The number of halogens is 1. The molecule has 5 heteroatoms. The van der Waals surface area contributed by atoms with E-state index < -0.39 is 6.09 Å². The van der Waals surface area contributed by atoms with Crippen LogP contribution in [0.2, 0.25) is 5.02 Å². The Bertz CT molecular complexity index is 700. The highest BCUT2D eigenvalue weighted by molar-refractivity contribution is 6.32. The molecule has 2 rings (SSSR count). The molecule has 0 N–H and O–H groups in total. The Labute approximate surface area is 140 Å². The molecule has 0 saturated heterocycles. The van der Waals surface area contributed by atoms with Crippen molar-refractivity contribution >= 4 is 35.5 Å². The van der Waals surface area contributed by atoms with Crippen molar-refractivity contribution in [2.45, 2.75) is 0 Å². The Morgan fingerprint density at radius 1 is 1.04 bits per heavy atom. The largest absolute Gasteiger partial charge is 0.452 e. The van der Waals surface area contributed by atoms with E-state index in [1.54, 1.807) is 0 Å². The summed E-state index contributed by atoms with van der Waals surface area (Å²) in [6.45, 7) is 0.101. The molecule has 120 valence electrons. The van der Waals surface area contributed by atoms with Crippen molar-refractivity contribution in [2.75, 3.05) is 25.9 Å². The Morgan fingerprint density at radius 3 is 2.30 bits per heavy atom. The second-order valence-electron chi connectivity index (χ2n) is 4.73. The molecule has 0 aliphatic rings. The third-order valence-electron chi connectivity index (χ3n) is 3.23. The Kier molecular flexibility index (Phi) is 6.20. The van der Waals surface area contributed by atoms with E-state index in [0.717, 1.165) is 11.1 Å². The number of hydrogen-bond donors (Lipinski definition) is 0. The van der Waals surface area contributed by atoms with Gasteiger partial charge in [-0.15, -0.1) is 0 Å². The van der Waals surface area contributed by atoms with E-state index in [-0.39, 0.29) is 6.73 Å². The molecule has 0 heterocycles. The zero-order chi connectivity index (χ0) is 16.7. The minimum absolute atomic E-state index is 0.101. The van der Waals surface area contributed by atoms with Gasteiger partial charge in [-0.25, -0.2) is 4.79 Å². The normalized spacial score (nSPS) is 10.7. The van der Waals surface area contributed by atoms with Crippen molar-refractivity contribution in [3.05, 3.63) is 64.7 Å². The van der Waals surface area contributed by atoms with Crippen LogP contribution < -0.4 is 4.90 Å². The summed E-state index contributed by atoms with van der Waals surface area (Å²) in [5, 5.41) is 0.669. The molecule has 2 aromatic rings. The number of para-hydroxylation sites is 1. The Morgan fingerprint density at radius 2 is 1.65 bits per heavy atom. The van der Waals surface area contributed by atoms with Crippen molar-refractivity contribution in [1.29, 1.82) is 0 Å². The van der Waals surface area contributed by atoms with Gasteiger partial charge in [-0.3, -0.25) is 4.90 Å². The first-order valence-corrected chi connectivity index (χ1v) is 7.41. The molecule has 0 atom stereocenters. The van der Waals surface area contributed by atoms with Gasteiger partial charge >= 0.3 is 6.09 Å². The number of nitrogens with zero attached hydrogens (tertiary/aromatic N) is 1. The highest BCUT2D eigenvalue weighted by atomic mass is 35.5. The molecule has 0 aliphatic carbocycles. The zero-order valence-electron chi connectivity index (χ0n) is 13.0. The number of ether oxygens (including phenoxy) is 2. The number of methoxy groups -OCH3 is 2. The van der Waals surface area contributed by atoms with Crippen LogP contribution in [0.1, 0.15) is 11.1 Å². The van der Waals surface area contributed by atoms with Crippen LogP contribution in [0.15, 0.2) is 48.5 Å². The van der Waals surface area contributed by atoms with Gasteiger partial charge in [-0.2, -0.15) is 0 Å². The highest BCUT2D eigenvalue weighted by Gasteiger charge is 2.17. The minimum Gasteiger partial charge on any atom is -0.452 e. The monoisotopic (exact) mass is 331 g/mol. The molecule has 2 aromatic carbocycles. The number of benzene rings is 2. The predicted molar refractivity (Wildman–Crippen MR) is 93.6 cm³/mol. The molecule has 0 aromatic heterocycles. The quantitative estimate of drug-likeness (QED) is 0.589. The highest BCUT2D eigenvalue weighted by Crippen LogP contribution is 2.25. The lowest BCUT2D eigenvalue weighted by Gasteiger charge is -2.22. The van der Waals surface area contributed by atoms with Crippen molar-refractivity contribution in [3.8, 4) is 0 Å². The van der Waals surface area contributed by atoms with Crippen LogP contribution in [0.25, 0.3) is 12.2 Å². The third-order valence-corrected chi connectivity index (χ3v) is 3.57. The van der Waals surface area contributed by atoms with Gasteiger partial charge < -0.3 is 9.47 Å². The van der Waals surface area contributed by atoms with Crippen LogP contribution in [0.5, 0.6) is 0 Å². The molecule has 1 amide bonds. The lowest BCUT2D eigenvalue weighted by Crippen LogP contribution is -2.33. The lowest BCUT2D eigenvalue weighted by molar-refractivity contribution is 0.153. The second-order valence-corrected chi connectivity index (χ2v) is 5.14. The Hall–Kier alpha value is -2.30. The van der Waals surface area contributed by atoms with E-state index in [4.69, 9.17) is 21.1 Å². The van der Waals surface area contributed by atoms with Gasteiger partial charge in [0.2, 0.25) is 0 Å². The molecule has 0 aliphatic heterocycles. The molecule has 0 unspecified atom stereocenters. The Balaban J connectivity index is 2.37. The summed E-state index contributed by atoms with van der Waals surface area (Å²) < 4.78 is 9.92. The predicted octanol–water partition coefficient (Wildman–Crippen LogP) is 4.69. The van der Waals surface area contributed by atoms with Gasteiger partial charge in [-0.1, -0.05) is 60.2 Å². The molecule has 0 radical (unpaired) electrons. The van der Waals surface area contributed by atoms with E-state index in [0.29, 0.717) is 10.7 Å². The van der Waals surface area contributed by atoms with Crippen LogP contribution in [-0.2, 0) is 9.47 Å². The van der Waals surface area contributed by atoms with E-state index in [1.165, 1.54) is 19.1 Å². The summed E-state index contributed by atoms with van der Waals surface area (Å²) in [5.74, 6) is 0. The molecule has 0 saturated carbocycles. The standard InChI is InChI=1S/C18H18ClNO3/c1-22-13-20(18(21)23-2)17-10-6-4-8-15(17)12-11-14-7-3-5-9-16(14)19/h3-12H,13H2,1-2H3/b12-11+. The number of carbonyl (C=O) groups excluding carboxylic acids is 1. The third kappa shape index (κ3) is 4.34. The van der Waals surface area contributed by atoms with Gasteiger partial charge in [-0.05, 0) is 23.3 Å². The summed E-state index contributed by atoms with van der Waals surface area (Å²) in [5.41, 5.74) is 2.46. The van der Waals surface area contributed by atoms with E-state index >= 15 is 0 Å². The van der Waals surface area contributed by atoms with Crippen LogP contribution >= 0.6 is 11.6 Å².